The smallest absolute Gasteiger partial charge is 0.416 e. The molecule has 0 bridgehead atoms. The number of H-pyrrole nitrogens is 1. The monoisotopic (exact) mass is 475 g/mol. The lowest BCUT2D eigenvalue weighted by atomic mass is 10.2. The van der Waals surface area contributed by atoms with E-state index < -0.39 is 28.8 Å². The molecule has 2 amide bonds. The van der Waals surface area contributed by atoms with Gasteiger partial charge >= 0.3 is 6.18 Å². The Balaban J connectivity index is 1.41. The number of thioether (sulfide) groups is 1. The summed E-state index contributed by atoms with van der Waals surface area (Å²) in [6.45, 7) is 1.88. The highest BCUT2D eigenvalue weighted by Crippen LogP contribution is 2.37. The number of hydrogen-bond donors (Lipinski definition) is 3. The SMILES string of the molecule is Cc1ccc2[nH]c(O)c(N=NC3=NC(=O)C(CC(=O)Nc4cccc(C(F)(F)F)c4)S3)c2c1. The van der Waals surface area contributed by atoms with Gasteiger partial charge in [-0.15, -0.1) is 10.2 Å². The molecule has 2 aromatic carbocycles. The van der Waals surface area contributed by atoms with Crippen LogP contribution in [0, 0.1) is 6.92 Å². The number of amidine groups is 1. The lowest BCUT2D eigenvalue weighted by Gasteiger charge is -2.11. The standard InChI is InChI=1S/C21H16F3N5O3S/c1-10-5-6-14-13(7-10)17(19(32)26-14)28-29-20-27-18(31)15(33-20)9-16(30)25-12-4-2-3-11(8-12)21(22,23)24/h2-8,15,26,32H,9H2,1H3,(H,25,30). The van der Waals surface area contributed by atoms with Gasteiger partial charge in [0.25, 0.3) is 5.91 Å². The molecule has 0 radical (unpaired) electrons. The van der Waals surface area contributed by atoms with Crippen LogP contribution in [0.5, 0.6) is 5.88 Å². The molecule has 0 aliphatic carbocycles. The highest BCUT2D eigenvalue weighted by atomic mass is 32.2. The van der Waals surface area contributed by atoms with E-state index in [2.05, 4.69) is 25.5 Å². The first-order valence-electron chi connectivity index (χ1n) is 9.59. The van der Waals surface area contributed by atoms with Gasteiger partial charge in [-0.3, -0.25) is 9.59 Å². The molecule has 170 valence electrons. The van der Waals surface area contributed by atoms with E-state index in [0.717, 1.165) is 29.5 Å². The second-order valence-electron chi connectivity index (χ2n) is 7.24. The number of carbonyl (C=O) groups excluding carboxylic acids is 2. The van der Waals surface area contributed by atoms with E-state index in [1.54, 1.807) is 6.07 Å². The number of nitrogens with one attached hydrogen (secondary N) is 2. The number of azo groups is 1. The van der Waals surface area contributed by atoms with E-state index >= 15 is 0 Å². The minimum absolute atomic E-state index is 0.0123. The molecule has 1 unspecified atom stereocenters. The van der Waals surface area contributed by atoms with E-state index in [0.29, 0.717) is 10.9 Å². The molecule has 1 atom stereocenters. The maximum absolute atomic E-state index is 12.8. The largest absolute Gasteiger partial charge is 0.493 e. The number of carbonyl (C=O) groups is 2. The van der Waals surface area contributed by atoms with Gasteiger partial charge in [0, 0.05) is 17.5 Å². The van der Waals surface area contributed by atoms with Crippen molar-refractivity contribution in [2.45, 2.75) is 24.8 Å². The fourth-order valence-corrected chi connectivity index (χ4v) is 4.04. The Hall–Kier alpha value is -3.67. The predicted molar refractivity (Wildman–Crippen MR) is 118 cm³/mol. The van der Waals surface area contributed by atoms with Gasteiger partial charge in [-0.2, -0.15) is 18.2 Å². The van der Waals surface area contributed by atoms with Gasteiger partial charge < -0.3 is 15.4 Å². The average Bonchev–Trinajstić information content (AvgIpc) is 3.24. The zero-order valence-corrected chi connectivity index (χ0v) is 17.8. The molecule has 0 saturated carbocycles. The summed E-state index contributed by atoms with van der Waals surface area (Å²) in [5, 5.41) is 20.1. The number of fused-ring (bicyclic) bond motifs is 1. The molecular weight excluding hydrogens is 459 g/mol. The van der Waals surface area contributed by atoms with Crippen molar-refractivity contribution in [3.05, 3.63) is 53.6 Å². The fourth-order valence-electron chi connectivity index (χ4n) is 3.17. The van der Waals surface area contributed by atoms with Crippen molar-refractivity contribution >= 4 is 51.0 Å². The first-order chi connectivity index (χ1) is 15.6. The van der Waals surface area contributed by atoms with Crippen LogP contribution in [0.15, 0.2) is 57.7 Å². The molecule has 1 aliphatic rings. The van der Waals surface area contributed by atoms with Crippen LogP contribution in [-0.2, 0) is 15.8 Å². The van der Waals surface area contributed by atoms with Crippen LogP contribution in [0.3, 0.4) is 0 Å². The molecule has 0 fully saturated rings. The summed E-state index contributed by atoms with van der Waals surface area (Å²) in [5.41, 5.74) is 0.876. The van der Waals surface area contributed by atoms with E-state index in [1.165, 1.54) is 12.1 Å². The molecular formula is C21H16F3N5O3S. The highest BCUT2D eigenvalue weighted by Gasteiger charge is 2.32. The van der Waals surface area contributed by atoms with Crippen molar-refractivity contribution in [1.82, 2.24) is 4.98 Å². The molecule has 12 heteroatoms. The van der Waals surface area contributed by atoms with Crippen LogP contribution in [0.4, 0.5) is 24.5 Å². The zero-order valence-electron chi connectivity index (χ0n) is 17.0. The maximum Gasteiger partial charge on any atom is 0.416 e. The number of aromatic nitrogens is 1. The van der Waals surface area contributed by atoms with Crippen LogP contribution in [0.1, 0.15) is 17.5 Å². The van der Waals surface area contributed by atoms with Gasteiger partial charge in [0.1, 0.15) is 5.25 Å². The van der Waals surface area contributed by atoms with Gasteiger partial charge in [0.05, 0.1) is 11.1 Å². The number of aliphatic imine (C=N–C) groups is 1. The summed E-state index contributed by atoms with van der Waals surface area (Å²) in [7, 11) is 0. The van der Waals surface area contributed by atoms with E-state index in [1.807, 2.05) is 19.1 Å². The number of nitrogens with zero attached hydrogens (tertiary/aromatic N) is 3. The molecule has 4 rings (SSSR count). The number of aromatic hydroxyl groups is 1. The molecule has 0 spiro atoms. The van der Waals surface area contributed by atoms with Crippen LogP contribution in [0.25, 0.3) is 10.9 Å². The third kappa shape index (κ3) is 5.06. The first kappa shape index (κ1) is 22.5. The molecule has 33 heavy (non-hydrogen) atoms. The molecule has 8 nitrogen and oxygen atoms in total. The van der Waals surface area contributed by atoms with E-state index in [4.69, 9.17) is 0 Å². The van der Waals surface area contributed by atoms with Crippen LogP contribution < -0.4 is 5.32 Å². The number of alkyl halides is 3. The number of rotatable bonds is 4. The van der Waals surface area contributed by atoms with Crippen molar-refractivity contribution in [2.24, 2.45) is 15.2 Å². The van der Waals surface area contributed by atoms with Gasteiger partial charge in [-0.05, 0) is 37.3 Å². The Morgan fingerprint density at radius 1 is 1.24 bits per heavy atom. The Morgan fingerprint density at radius 3 is 2.79 bits per heavy atom. The van der Waals surface area contributed by atoms with Gasteiger partial charge in [0.15, 0.2) is 5.69 Å². The van der Waals surface area contributed by atoms with Crippen LogP contribution >= 0.6 is 11.8 Å². The Bertz CT molecular complexity index is 1320. The first-order valence-corrected chi connectivity index (χ1v) is 10.5. The van der Waals surface area contributed by atoms with Crippen molar-refractivity contribution in [3.8, 4) is 5.88 Å². The minimum Gasteiger partial charge on any atom is -0.493 e. The lowest BCUT2D eigenvalue weighted by Crippen LogP contribution is -2.21. The van der Waals surface area contributed by atoms with Crippen molar-refractivity contribution in [2.75, 3.05) is 5.32 Å². The van der Waals surface area contributed by atoms with Gasteiger partial charge in [-0.1, -0.05) is 29.5 Å². The second kappa shape index (κ2) is 8.70. The Kier molecular flexibility index (Phi) is 5.93. The number of aryl methyl sites for hydroxylation is 1. The number of aromatic amines is 1. The van der Waals surface area contributed by atoms with E-state index in [-0.39, 0.29) is 28.8 Å². The maximum atomic E-state index is 12.8. The number of benzene rings is 2. The van der Waals surface area contributed by atoms with Crippen molar-refractivity contribution in [3.63, 3.8) is 0 Å². The number of anilines is 1. The molecule has 0 saturated heterocycles. The summed E-state index contributed by atoms with van der Waals surface area (Å²) in [6.07, 6.45) is -4.84. The summed E-state index contributed by atoms with van der Waals surface area (Å²) in [5.74, 6) is -1.43. The van der Waals surface area contributed by atoms with Crippen molar-refractivity contribution in [1.29, 1.82) is 0 Å². The van der Waals surface area contributed by atoms with Gasteiger partial charge in [0.2, 0.25) is 17.0 Å². The molecule has 3 aromatic rings. The lowest BCUT2D eigenvalue weighted by molar-refractivity contribution is -0.137. The van der Waals surface area contributed by atoms with E-state index in [9.17, 15) is 27.9 Å². The van der Waals surface area contributed by atoms with Gasteiger partial charge in [-0.25, -0.2) is 0 Å². The minimum atomic E-state index is -4.54. The third-order valence-corrected chi connectivity index (χ3v) is 5.75. The Labute approximate surface area is 189 Å². The topological polar surface area (TPSA) is 119 Å². The third-order valence-electron chi connectivity index (χ3n) is 4.72. The van der Waals surface area contributed by atoms with Crippen LogP contribution in [-0.4, -0.2) is 32.3 Å². The fraction of sp³-hybridized carbons (Fsp3) is 0.190. The Morgan fingerprint density at radius 2 is 2.03 bits per heavy atom. The van der Waals surface area contributed by atoms with Crippen LogP contribution in [0.2, 0.25) is 0 Å². The molecule has 2 heterocycles. The number of hydrogen-bond acceptors (Lipinski definition) is 6. The average molecular weight is 475 g/mol. The molecule has 3 N–H and O–H groups in total. The second-order valence-corrected chi connectivity index (χ2v) is 8.41. The summed E-state index contributed by atoms with van der Waals surface area (Å²) >= 11 is 0.909. The normalized spacial score (nSPS) is 16.5. The summed E-state index contributed by atoms with van der Waals surface area (Å²) in [4.78, 5) is 30.9. The highest BCUT2D eigenvalue weighted by molar-refractivity contribution is 8.15. The number of amides is 2. The zero-order chi connectivity index (χ0) is 23.8. The quantitative estimate of drug-likeness (QED) is 0.443. The predicted octanol–water partition coefficient (Wildman–Crippen LogP) is 5.31. The molecule has 1 aromatic heterocycles. The summed E-state index contributed by atoms with van der Waals surface area (Å²) in [6, 6.07) is 9.67. The number of halogens is 3. The van der Waals surface area contributed by atoms with Crippen molar-refractivity contribution < 1.29 is 27.9 Å². The molecule has 1 aliphatic heterocycles. The summed E-state index contributed by atoms with van der Waals surface area (Å²) < 4.78 is 38.5.